The minimum Gasteiger partial charge on any atom is -0.377 e. The van der Waals surface area contributed by atoms with E-state index in [9.17, 15) is 13.2 Å². The van der Waals surface area contributed by atoms with Gasteiger partial charge in [0.2, 0.25) is 10.0 Å². The number of thiazole rings is 1. The topological polar surface area (TPSA) is 91.8 Å². The van der Waals surface area contributed by atoms with Gasteiger partial charge in [-0.1, -0.05) is 12.1 Å². The molecule has 0 saturated carbocycles. The predicted molar refractivity (Wildman–Crippen MR) is 165 cm³/mol. The molecule has 11 heteroatoms. The number of fused-ring (bicyclic) bond motifs is 2. The number of amides is 1. The second-order valence-corrected chi connectivity index (χ2v) is 15.1. The molecule has 41 heavy (non-hydrogen) atoms. The molecular weight excluding hydrogens is 577 g/mol. The second-order valence-electron chi connectivity index (χ2n) is 10.9. The van der Waals surface area contributed by atoms with Crippen molar-refractivity contribution in [2.75, 3.05) is 32.1 Å². The van der Waals surface area contributed by atoms with Crippen molar-refractivity contribution in [3.05, 3.63) is 64.5 Å². The van der Waals surface area contributed by atoms with Gasteiger partial charge in [0.15, 0.2) is 0 Å². The van der Waals surface area contributed by atoms with Crippen LogP contribution in [-0.2, 0) is 27.7 Å². The average molecular weight is 611 g/mol. The number of nitrogens with zero attached hydrogens (tertiary/aromatic N) is 3. The van der Waals surface area contributed by atoms with Crippen molar-refractivity contribution in [3.8, 4) is 10.6 Å². The summed E-state index contributed by atoms with van der Waals surface area (Å²) in [7, 11) is -2.12. The number of likely N-dealkylation sites (N-methyl/N-ethyl adjacent to an activating group) is 1. The van der Waals surface area contributed by atoms with Crippen LogP contribution >= 0.6 is 22.7 Å². The number of hydrogen-bond donors (Lipinski definition) is 1. The summed E-state index contributed by atoms with van der Waals surface area (Å²) in [6.07, 6.45) is 2.64. The number of thiophene rings is 1. The third-order valence-electron chi connectivity index (χ3n) is 7.86. The molecule has 6 rings (SSSR count). The van der Waals surface area contributed by atoms with E-state index in [1.807, 2.05) is 18.2 Å². The first-order valence-corrected chi connectivity index (χ1v) is 17.0. The fourth-order valence-corrected chi connectivity index (χ4v) is 9.05. The smallest absolute Gasteiger partial charge is 0.256 e. The lowest BCUT2D eigenvalue weighted by Crippen LogP contribution is -2.35. The van der Waals surface area contributed by atoms with Gasteiger partial charge < -0.3 is 10.1 Å². The molecule has 0 aliphatic carbocycles. The van der Waals surface area contributed by atoms with Crippen LogP contribution < -0.4 is 5.32 Å². The van der Waals surface area contributed by atoms with E-state index in [2.05, 4.69) is 30.1 Å². The highest BCUT2D eigenvalue weighted by atomic mass is 32.2. The number of ether oxygens (including phenoxy) is 1. The summed E-state index contributed by atoms with van der Waals surface area (Å²) >= 11 is 3.26. The monoisotopic (exact) mass is 610 g/mol. The molecule has 8 nitrogen and oxygen atoms in total. The number of carbonyl (C=O) groups excluding carboxylic acids is 1. The lowest BCUT2D eigenvalue weighted by atomic mass is 10.0. The van der Waals surface area contributed by atoms with Gasteiger partial charge >= 0.3 is 0 Å². The normalized spacial score (nSPS) is 17.9. The number of hydrogen-bond acceptors (Lipinski definition) is 8. The molecule has 0 spiro atoms. The van der Waals surface area contributed by atoms with E-state index >= 15 is 0 Å². The fourth-order valence-electron chi connectivity index (χ4n) is 5.46. The Hall–Kier alpha value is -2.67. The molecule has 0 bridgehead atoms. The van der Waals surface area contributed by atoms with Gasteiger partial charge in [0, 0.05) is 55.3 Å². The molecule has 4 aromatic rings. The number of anilines is 1. The predicted octanol–water partition coefficient (Wildman–Crippen LogP) is 5.84. The van der Waals surface area contributed by atoms with Gasteiger partial charge in [0.05, 0.1) is 21.2 Å². The van der Waals surface area contributed by atoms with Crippen LogP contribution in [0, 0.1) is 0 Å². The van der Waals surface area contributed by atoms with E-state index in [4.69, 9.17) is 9.72 Å². The van der Waals surface area contributed by atoms with Crippen LogP contribution in [0.5, 0.6) is 0 Å². The van der Waals surface area contributed by atoms with Gasteiger partial charge in [-0.15, -0.1) is 22.7 Å². The molecule has 1 saturated heterocycles. The quantitative estimate of drug-likeness (QED) is 0.269. The van der Waals surface area contributed by atoms with Crippen molar-refractivity contribution in [3.63, 3.8) is 0 Å². The first kappa shape index (κ1) is 28.4. The van der Waals surface area contributed by atoms with Gasteiger partial charge in [-0.05, 0) is 75.1 Å². The fraction of sp³-hybridized carbons (Fsp3) is 0.400. The maximum absolute atomic E-state index is 13.5. The first-order valence-electron chi connectivity index (χ1n) is 13.9. The number of rotatable bonds is 8. The first-order chi connectivity index (χ1) is 19.7. The molecule has 2 aliphatic rings. The van der Waals surface area contributed by atoms with Crippen LogP contribution in [0.3, 0.4) is 0 Å². The molecule has 2 aromatic heterocycles. The molecule has 4 heterocycles. The summed E-state index contributed by atoms with van der Waals surface area (Å²) in [6.45, 7) is 7.21. The molecule has 1 fully saturated rings. The Morgan fingerprint density at radius 2 is 1.95 bits per heavy atom. The highest BCUT2D eigenvalue weighted by Gasteiger charge is 2.29. The zero-order valence-corrected chi connectivity index (χ0v) is 25.9. The van der Waals surface area contributed by atoms with E-state index < -0.39 is 10.0 Å². The van der Waals surface area contributed by atoms with Crippen LogP contribution in [0.15, 0.2) is 53.4 Å². The van der Waals surface area contributed by atoms with Gasteiger partial charge in [-0.2, -0.15) is 4.31 Å². The molecular formula is C30H34N4O4S3. The summed E-state index contributed by atoms with van der Waals surface area (Å²) in [5.74, 6) is -0.275. The summed E-state index contributed by atoms with van der Waals surface area (Å²) in [5.41, 5.74) is 3.62. The molecule has 1 atom stereocenters. The molecule has 2 aliphatic heterocycles. The van der Waals surface area contributed by atoms with Crippen LogP contribution in [0.4, 0.5) is 5.00 Å². The second kappa shape index (κ2) is 11.5. The highest BCUT2D eigenvalue weighted by Crippen LogP contribution is 2.46. The maximum atomic E-state index is 13.5. The van der Waals surface area contributed by atoms with Crippen LogP contribution in [0.25, 0.3) is 20.8 Å². The number of carbonyl (C=O) groups is 1. The van der Waals surface area contributed by atoms with Gasteiger partial charge in [-0.3, -0.25) is 9.69 Å². The summed E-state index contributed by atoms with van der Waals surface area (Å²) in [6, 6.07) is 14.7. The van der Waals surface area contributed by atoms with E-state index in [1.165, 1.54) is 26.9 Å². The van der Waals surface area contributed by atoms with Crippen molar-refractivity contribution in [2.24, 2.45) is 0 Å². The van der Waals surface area contributed by atoms with Gasteiger partial charge in [-0.25, -0.2) is 13.4 Å². The Morgan fingerprint density at radius 1 is 1.17 bits per heavy atom. The Labute approximate surface area is 249 Å². The average Bonchev–Trinajstić information content (AvgIpc) is 3.70. The van der Waals surface area contributed by atoms with E-state index in [1.54, 1.807) is 41.9 Å². The van der Waals surface area contributed by atoms with Crippen molar-refractivity contribution >= 4 is 53.8 Å². The summed E-state index contributed by atoms with van der Waals surface area (Å²) < 4.78 is 34.3. The Morgan fingerprint density at radius 3 is 2.66 bits per heavy atom. The maximum Gasteiger partial charge on any atom is 0.256 e. The Kier molecular flexibility index (Phi) is 8.01. The largest absolute Gasteiger partial charge is 0.377 e. The van der Waals surface area contributed by atoms with E-state index in [-0.39, 0.29) is 16.9 Å². The summed E-state index contributed by atoms with van der Waals surface area (Å²) in [4.78, 5) is 22.3. The Balaban J connectivity index is 1.27. The van der Waals surface area contributed by atoms with Crippen molar-refractivity contribution in [1.29, 1.82) is 0 Å². The van der Waals surface area contributed by atoms with E-state index in [0.29, 0.717) is 24.8 Å². The van der Waals surface area contributed by atoms with Crippen LogP contribution in [0.2, 0.25) is 0 Å². The van der Waals surface area contributed by atoms with Crippen LogP contribution in [-0.4, -0.2) is 67.4 Å². The number of nitrogens with one attached hydrogen (secondary N) is 1. The van der Waals surface area contributed by atoms with E-state index in [0.717, 1.165) is 58.1 Å². The third-order valence-corrected chi connectivity index (χ3v) is 11.9. The number of benzene rings is 2. The van der Waals surface area contributed by atoms with Gasteiger partial charge in [0.25, 0.3) is 5.91 Å². The Bertz CT molecular complexity index is 1640. The molecule has 0 radical (unpaired) electrons. The molecule has 2 aromatic carbocycles. The van der Waals surface area contributed by atoms with Crippen LogP contribution in [0.1, 0.15) is 47.5 Å². The SMILES string of the molecule is CC(C)N1CCc2c(sc(NC(=O)c3ccc(S(=O)(=O)N(C)CC4CCCO4)cc3)c2-c2nc3ccccc3s2)C1. The van der Waals surface area contributed by atoms with Crippen molar-refractivity contribution < 1.29 is 17.9 Å². The molecule has 216 valence electrons. The lowest BCUT2D eigenvalue weighted by Gasteiger charge is -2.30. The number of sulfonamides is 1. The highest BCUT2D eigenvalue weighted by molar-refractivity contribution is 7.89. The lowest BCUT2D eigenvalue weighted by molar-refractivity contribution is 0.0979. The zero-order valence-electron chi connectivity index (χ0n) is 23.4. The standard InChI is InChI=1S/C30H34N4O4S3/c1-19(2)34-15-14-23-26(18-34)40-30(27(23)29-31-24-8-4-5-9-25(24)39-29)32-28(35)20-10-12-22(13-11-20)41(36,37)33(3)17-21-7-6-16-38-21/h4-5,8-13,19,21H,6-7,14-18H2,1-3H3,(H,32,35). The number of aromatic nitrogens is 1. The minimum absolute atomic E-state index is 0.0753. The summed E-state index contributed by atoms with van der Waals surface area (Å²) in [5, 5.41) is 4.85. The van der Waals surface area contributed by atoms with Crippen molar-refractivity contribution in [2.45, 2.75) is 56.7 Å². The molecule has 1 unspecified atom stereocenters. The molecule has 1 N–H and O–H groups in total. The molecule has 1 amide bonds. The zero-order chi connectivity index (χ0) is 28.7. The van der Waals surface area contributed by atoms with Gasteiger partial charge in [0.1, 0.15) is 10.0 Å². The third kappa shape index (κ3) is 5.71. The minimum atomic E-state index is -3.69. The van der Waals surface area contributed by atoms with Crippen molar-refractivity contribution in [1.82, 2.24) is 14.2 Å². The number of para-hydroxylation sites is 1.